The van der Waals surface area contributed by atoms with E-state index in [9.17, 15) is 4.79 Å². The van der Waals surface area contributed by atoms with E-state index >= 15 is 0 Å². The van der Waals surface area contributed by atoms with Gasteiger partial charge in [-0.1, -0.05) is 0 Å². The van der Waals surface area contributed by atoms with Crippen LogP contribution in [-0.4, -0.2) is 33.8 Å². The molecule has 0 atom stereocenters. The van der Waals surface area contributed by atoms with Crippen molar-refractivity contribution in [2.75, 3.05) is 24.1 Å². The van der Waals surface area contributed by atoms with Crippen molar-refractivity contribution in [3.05, 3.63) is 35.9 Å². The van der Waals surface area contributed by atoms with Crippen LogP contribution < -0.4 is 16.4 Å². The summed E-state index contributed by atoms with van der Waals surface area (Å²) in [6.07, 6.45) is 2.33. The van der Waals surface area contributed by atoms with E-state index in [1.54, 1.807) is 29.2 Å². The SMILES string of the molecule is CCNC(=O)c1ccc(N)cc1NCCc1ncn(C)n1. The second kappa shape index (κ2) is 6.74. The van der Waals surface area contributed by atoms with Crippen LogP contribution in [0.4, 0.5) is 11.4 Å². The van der Waals surface area contributed by atoms with Crippen LogP contribution >= 0.6 is 0 Å². The van der Waals surface area contributed by atoms with Crippen molar-refractivity contribution in [3.8, 4) is 0 Å². The first-order valence-electron chi connectivity index (χ1n) is 6.86. The zero-order valence-electron chi connectivity index (χ0n) is 12.3. The summed E-state index contributed by atoms with van der Waals surface area (Å²) in [4.78, 5) is 16.2. The molecule has 0 bridgehead atoms. The summed E-state index contributed by atoms with van der Waals surface area (Å²) >= 11 is 0. The molecule has 0 saturated carbocycles. The van der Waals surface area contributed by atoms with Crippen LogP contribution in [0.2, 0.25) is 0 Å². The smallest absolute Gasteiger partial charge is 0.253 e. The first-order valence-corrected chi connectivity index (χ1v) is 6.86. The fourth-order valence-electron chi connectivity index (χ4n) is 1.97. The monoisotopic (exact) mass is 288 g/mol. The lowest BCUT2D eigenvalue weighted by Gasteiger charge is -2.12. The topological polar surface area (TPSA) is 97.9 Å². The Morgan fingerprint density at radius 3 is 2.90 bits per heavy atom. The Labute approximate surface area is 123 Å². The van der Waals surface area contributed by atoms with Gasteiger partial charge < -0.3 is 16.4 Å². The van der Waals surface area contributed by atoms with Crippen LogP contribution in [0.15, 0.2) is 24.5 Å². The van der Waals surface area contributed by atoms with Crippen molar-refractivity contribution in [3.63, 3.8) is 0 Å². The highest BCUT2D eigenvalue weighted by Crippen LogP contribution is 2.19. The fourth-order valence-corrected chi connectivity index (χ4v) is 1.97. The Morgan fingerprint density at radius 2 is 2.24 bits per heavy atom. The molecule has 0 aliphatic heterocycles. The number of nitrogens with zero attached hydrogens (tertiary/aromatic N) is 3. The summed E-state index contributed by atoms with van der Waals surface area (Å²) in [6.45, 7) is 3.09. The van der Waals surface area contributed by atoms with Gasteiger partial charge in [-0.25, -0.2) is 4.98 Å². The highest BCUT2D eigenvalue weighted by molar-refractivity contribution is 6.00. The Hall–Kier alpha value is -2.57. The fraction of sp³-hybridized carbons (Fsp3) is 0.357. The molecular weight excluding hydrogens is 268 g/mol. The van der Waals surface area contributed by atoms with E-state index in [1.165, 1.54) is 0 Å². The van der Waals surface area contributed by atoms with Gasteiger partial charge in [-0.2, -0.15) is 5.10 Å². The van der Waals surface area contributed by atoms with E-state index in [2.05, 4.69) is 20.7 Å². The van der Waals surface area contributed by atoms with Crippen molar-refractivity contribution >= 4 is 17.3 Å². The minimum Gasteiger partial charge on any atom is -0.399 e. The van der Waals surface area contributed by atoms with Crippen LogP contribution in [0.5, 0.6) is 0 Å². The molecule has 7 nitrogen and oxygen atoms in total. The molecule has 2 rings (SSSR count). The van der Waals surface area contributed by atoms with Crippen molar-refractivity contribution in [2.45, 2.75) is 13.3 Å². The van der Waals surface area contributed by atoms with E-state index in [1.807, 2.05) is 14.0 Å². The molecule has 112 valence electrons. The number of aromatic nitrogens is 3. The first kappa shape index (κ1) is 14.8. The number of hydrogen-bond acceptors (Lipinski definition) is 5. The Bertz CT molecular complexity index is 622. The average Bonchev–Trinajstić information content (AvgIpc) is 2.85. The van der Waals surface area contributed by atoms with Gasteiger partial charge >= 0.3 is 0 Å². The summed E-state index contributed by atoms with van der Waals surface area (Å²) in [7, 11) is 1.83. The molecule has 1 heterocycles. The molecule has 21 heavy (non-hydrogen) atoms. The summed E-state index contributed by atoms with van der Waals surface area (Å²) < 4.78 is 1.66. The Kier molecular flexibility index (Phi) is 4.76. The predicted octanol–water partition coefficient (Wildman–Crippen LogP) is 0.802. The van der Waals surface area contributed by atoms with E-state index < -0.39 is 0 Å². The number of hydrogen-bond donors (Lipinski definition) is 3. The molecule has 7 heteroatoms. The zero-order chi connectivity index (χ0) is 15.2. The highest BCUT2D eigenvalue weighted by atomic mass is 16.1. The van der Waals surface area contributed by atoms with Crippen molar-refractivity contribution < 1.29 is 4.79 Å². The normalized spacial score (nSPS) is 10.4. The van der Waals surface area contributed by atoms with Crippen molar-refractivity contribution in [2.24, 2.45) is 7.05 Å². The van der Waals surface area contributed by atoms with Gasteiger partial charge in [0.15, 0.2) is 5.82 Å². The van der Waals surface area contributed by atoms with Crippen LogP contribution in [0.3, 0.4) is 0 Å². The van der Waals surface area contributed by atoms with E-state index in [0.29, 0.717) is 30.8 Å². The van der Waals surface area contributed by atoms with Crippen molar-refractivity contribution in [1.29, 1.82) is 0 Å². The minimum atomic E-state index is -0.115. The molecule has 1 amide bonds. The number of aryl methyl sites for hydroxylation is 1. The molecule has 2 aromatic rings. The number of nitrogen functional groups attached to an aromatic ring is 1. The van der Waals surface area contributed by atoms with E-state index in [-0.39, 0.29) is 5.91 Å². The number of benzene rings is 1. The molecule has 0 radical (unpaired) electrons. The van der Waals surface area contributed by atoms with Gasteiger partial charge in [0, 0.05) is 37.9 Å². The van der Waals surface area contributed by atoms with Crippen LogP contribution in [0.25, 0.3) is 0 Å². The molecular formula is C14H20N6O. The third-order valence-electron chi connectivity index (χ3n) is 2.94. The van der Waals surface area contributed by atoms with Gasteiger partial charge in [-0.05, 0) is 25.1 Å². The molecule has 0 saturated heterocycles. The van der Waals surface area contributed by atoms with Gasteiger partial charge in [-0.3, -0.25) is 9.48 Å². The quantitative estimate of drug-likeness (QED) is 0.683. The summed E-state index contributed by atoms with van der Waals surface area (Å²) in [5.41, 5.74) is 7.70. The van der Waals surface area contributed by atoms with Crippen LogP contribution in [0.1, 0.15) is 23.1 Å². The number of rotatable bonds is 6. The van der Waals surface area contributed by atoms with Gasteiger partial charge in [0.2, 0.25) is 0 Å². The van der Waals surface area contributed by atoms with Crippen LogP contribution in [0, 0.1) is 0 Å². The first-order chi connectivity index (χ1) is 10.1. The molecule has 0 spiro atoms. The number of carbonyl (C=O) groups excluding carboxylic acids is 1. The molecule has 0 unspecified atom stereocenters. The maximum atomic E-state index is 12.0. The maximum Gasteiger partial charge on any atom is 0.253 e. The third kappa shape index (κ3) is 3.95. The second-order valence-electron chi connectivity index (χ2n) is 4.68. The standard InChI is InChI=1S/C14H20N6O/c1-3-16-14(21)11-5-4-10(15)8-12(11)17-7-6-13-18-9-20(2)19-13/h4-5,8-9,17H,3,6-7,15H2,1-2H3,(H,16,21). The highest BCUT2D eigenvalue weighted by Gasteiger charge is 2.11. The molecule has 0 aliphatic carbocycles. The number of nitrogens with two attached hydrogens (primary N) is 1. The average molecular weight is 288 g/mol. The largest absolute Gasteiger partial charge is 0.399 e. The van der Waals surface area contributed by atoms with E-state index in [0.717, 1.165) is 11.5 Å². The number of nitrogens with one attached hydrogen (secondary N) is 2. The summed E-state index contributed by atoms with van der Waals surface area (Å²) in [5.74, 6) is 0.643. The van der Waals surface area contributed by atoms with Gasteiger partial charge in [0.25, 0.3) is 5.91 Å². The molecule has 1 aromatic heterocycles. The number of anilines is 2. The van der Waals surface area contributed by atoms with Gasteiger partial charge in [0.1, 0.15) is 6.33 Å². The third-order valence-corrected chi connectivity index (χ3v) is 2.94. The summed E-state index contributed by atoms with van der Waals surface area (Å²) in [6, 6.07) is 5.20. The maximum absolute atomic E-state index is 12.0. The zero-order valence-corrected chi connectivity index (χ0v) is 12.3. The van der Waals surface area contributed by atoms with E-state index in [4.69, 9.17) is 5.73 Å². The Balaban J connectivity index is 2.04. The second-order valence-corrected chi connectivity index (χ2v) is 4.68. The number of carbonyl (C=O) groups is 1. The minimum absolute atomic E-state index is 0.115. The molecule has 1 aromatic carbocycles. The molecule has 0 aliphatic rings. The summed E-state index contributed by atoms with van der Waals surface area (Å²) in [5, 5.41) is 10.2. The number of amides is 1. The lowest BCUT2D eigenvalue weighted by Crippen LogP contribution is -2.24. The van der Waals surface area contributed by atoms with Gasteiger partial charge in [0.05, 0.1) is 5.56 Å². The predicted molar refractivity (Wildman–Crippen MR) is 82.1 cm³/mol. The van der Waals surface area contributed by atoms with Gasteiger partial charge in [-0.15, -0.1) is 0 Å². The van der Waals surface area contributed by atoms with Crippen molar-refractivity contribution in [1.82, 2.24) is 20.1 Å². The lowest BCUT2D eigenvalue weighted by molar-refractivity contribution is 0.0956. The van der Waals surface area contributed by atoms with Crippen LogP contribution in [-0.2, 0) is 13.5 Å². The lowest BCUT2D eigenvalue weighted by atomic mass is 10.1. The Morgan fingerprint density at radius 1 is 1.43 bits per heavy atom. The molecule has 4 N–H and O–H groups in total. The molecule has 0 fully saturated rings.